The van der Waals surface area contributed by atoms with Gasteiger partial charge in [0.15, 0.2) is 0 Å². The molecule has 2 atom stereocenters. The van der Waals surface area contributed by atoms with Crippen molar-refractivity contribution in [3.63, 3.8) is 0 Å². The molecule has 118 valence electrons. The Morgan fingerprint density at radius 3 is 2.68 bits per heavy atom. The van der Waals surface area contributed by atoms with Gasteiger partial charge in [0.05, 0.1) is 0 Å². The highest BCUT2D eigenvalue weighted by Crippen LogP contribution is 2.39. The van der Waals surface area contributed by atoms with E-state index in [0.717, 1.165) is 12.8 Å². The largest absolute Gasteiger partial charge is 0.506 e. The second kappa shape index (κ2) is 5.10. The summed E-state index contributed by atoms with van der Waals surface area (Å²) in [5.74, 6) is -2.04. The molecule has 0 amide bonds. The third-order valence-corrected chi connectivity index (χ3v) is 6.24. The van der Waals surface area contributed by atoms with Gasteiger partial charge in [-0.2, -0.15) is 4.31 Å². The number of sulfonamides is 1. The first kappa shape index (κ1) is 15.1. The number of carbonyl (C=O) groups is 1. The lowest BCUT2D eigenvalue weighted by Crippen LogP contribution is -2.42. The SMILES string of the molecule is Cc1cc(C(=O)O)c(O)c(S(=O)(=O)N2C3C=CCC2CC3)c1. The van der Waals surface area contributed by atoms with Crippen molar-refractivity contribution in [2.75, 3.05) is 0 Å². The molecular formula is C15H17NO5S. The lowest BCUT2D eigenvalue weighted by atomic mass is 10.1. The van der Waals surface area contributed by atoms with E-state index in [2.05, 4.69) is 0 Å². The molecule has 2 aliphatic heterocycles. The lowest BCUT2D eigenvalue weighted by Gasteiger charge is -2.30. The predicted octanol–water partition coefficient (Wildman–Crippen LogP) is 1.88. The number of hydrogen-bond acceptors (Lipinski definition) is 4. The van der Waals surface area contributed by atoms with Crippen LogP contribution in [0.25, 0.3) is 0 Å². The number of rotatable bonds is 3. The molecule has 0 aromatic heterocycles. The van der Waals surface area contributed by atoms with Crippen LogP contribution < -0.4 is 0 Å². The summed E-state index contributed by atoms with van der Waals surface area (Å²) in [6.07, 6.45) is 6.02. The summed E-state index contributed by atoms with van der Waals surface area (Å²) in [5, 5.41) is 19.3. The standard InChI is InChI=1S/C15H17NO5S/c1-9-7-12(15(18)19)14(17)13(8-9)22(20,21)16-10-3-2-4-11(16)6-5-10/h2-3,7-8,10-11,17H,4-6H2,1H3,(H,18,19). The van der Waals surface area contributed by atoms with Crippen LogP contribution in [-0.2, 0) is 10.0 Å². The molecule has 2 aliphatic rings. The molecular weight excluding hydrogens is 306 g/mol. The number of carboxylic acid groups (broad SMARTS) is 1. The van der Waals surface area contributed by atoms with Gasteiger partial charge in [-0.15, -0.1) is 0 Å². The maximum atomic E-state index is 12.9. The van der Waals surface area contributed by atoms with Gasteiger partial charge < -0.3 is 10.2 Å². The van der Waals surface area contributed by atoms with Gasteiger partial charge in [-0.3, -0.25) is 0 Å². The Kier molecular flexibility index (Phi) is 3.49. The molecule has 2 heterocycles. The van der Waals surface area contributed by atoms with Crippen molar-refractivity contribution in [1.82, 2.24) is 4.31 Å². The van der Waals surface area contributed by atoms with Crippen LogP contribution in [0.3, 0.4) is 0 Å². The van der Waals surface area contributed by atoms with Crippen molar-refractivity contribution < 1.29 is 23.4 Å². The fourth-order valence-electron chi connectivity index (χ4n) is 3.28. The molecule has 1 aromatic carbocycles. The van der Waals surface area contributed by atoms with Gasteiger partial charge >= 0.3 is 5.97 Å². The molecule has 0 radical (unpaired) electrons. The van der Waals surface area contributed by atoms with Gasteiger partial charge in [0, 0.05) is 12.1 Å². The Labute approximate surface area is 128 Å². The van der Waals surface area contributed by atoms with E-state index in [9.17, 15) is 18.3 Å². The third-order valence-electron chi connectivity index (χ3n) is 4.25. The maximum absolute atomic E-state index is 12.9. The maximum Gasteiger partial charge on any atom is 0.339 e. The first-order valence-corrected chi connectivity index (χ1v) is 8.53. The van der Waals surface area contributed by atoms with Crippen LogP contribution in [0.15, 0.2) is 29.2 Å². The summed E-state index contributed by atoms with van der Waals surface area (Å²) in [6, 6.07) is 2.26. The number of fused-ring (bicyclic) bond motifs is 2. The van der Waals surface area contributed by atoms with Crippen LogP contribution in [0, 0.1) is 6.92 Å². The molecule has 3 rings (SSSR count). The molecule has 1 saturated heterocycles. The predicted molar refractivity (Wildman–Crippen MR) is 79.4 cm³/mol. The normalized spacial score (nSPS) is 24.6. The van der Waals surface area contributed by atoms with Gasteiger partial charge in [-0.25, -0.2) is 13.2 Å². The van der Waals surface area contributed by atoms with E-state index in [-0.39, 0.29) is 17.0 Å². The van der Waals surface area contributed by atoms with E-state index >= 15 is 0 Å². The van der Waals surface area contributed by atoms with Gasteiger partial charge in [-0.1, -0.05) is 12.2 Å². The van der Waals surface area contributed by atoms with Crippen molar-refractivity contribution in [2.45, 2.75) is 43.2 Å². The lowest BCUT2D eigenvalue weighted by molar-refractivity contribution is 0.0693. The fourth-order valence-corrected chi connectivity index (χ4v) is 5.31. The molecule has 2 unspecified atom stereocenters. The molecule has 0 aliphatic carbocycles. The minimum atomic E-state index is -3.94. The first-order chi connectivity index (χ1) is 10.3. The van der Waals surface area contributed by atoms with Gasteiger partial charge in [0.2, 0.25) is 10.0 Å². The Morgan fingerprint density at radius 1 is 1.32 bits per heavy atom. The van der Waals surface area contributed by atoms with Crippen LogP contribution in [0.4, 0.5) is 0 Å². The van der Waals surface area contributed by atoms with Gasteiger partial charge in [0.1, 0.15) is 16.2 Å². The minimum Gasteiger partial charge on any atom is -0.506 e. The molecule has 1 aromatic rings. The van der Waals surface area contributed by atoms with Crippen molar-refractivity contribution >= 4 is 16.0 Å². The zero-order chi connectivity index (χ0) is 16.1. The molecule has 1 fully saturated rings. The monoisotopic (exact) mass is 323 g/mol. The Bertz CT molecular complexity index is 768. The number of aromatic carboxylic acids is 1. The average Bonchev–Trinajstić information content (AvgIpc) is 2.72. The number of aromatic hydroxyl groups is 1. The Balaban J connectivity index is 2.14. The Morgan fingerprint density at radius 2 is 2.05 bits per heavy atom. The van der Waals surface area contributed by atoms with Crippen LogP contribution in [-0.4, -0.2) is 41.0 Å². The quantitative estimate of drug-likeness (QED) is 0.828. The number of phenols is 1. The fraction of sp³-hybridized carbons (Fsp3) is 0.400. The summed E-state index contributed by atoms with van der Waals surface area (Å²) in [4.78, 5) is 10.9. The number of carboxylic acids is 1. The topological polar surface area (TPSA) is 94.9 Å². The highest BCUT2D eigenvalue weighted by atomic mass is 32.2. The van der Waals surface area contributed by atoms with E-state index in [4.69, 9.17) is 5.11 Å². The summed E-state index contributed by atoms with van der Waals surface area (Å²) >= 11 is 0. The minimum absolute atomic E-state index is 0.117. The van der Waals surface area contributed by atoms with Crippen LogP contribution in [0.1, 0.15) is 35.2 Å². The van der Waals surface area contributed by atoms with Crippen molar-refractivity contribution in [3.8, 4) is 5.75 Å². The molecule has 0 saturated carbocycles. The van der Waals surface area contributed by atoms with E-state index in [1.807, 2.05) is 12.2 Å². The van der Waals surface area contributed by atoms with Crippen LogP contribution >= 0.6 is 0 Å². The van der Waals surface area contributed by atoms with E-state index < -0.39 is 27.3 Å². The summed E-state index contributed by atoms with van der Waals surface area (Å²) in [6.45, 7) is 1.61. The summed E-state index contributed by atoms with van der Waals surface area (Å²) in [5.41, 5.74) is 0.0900. The molecule has 2 N–H and O–H groups in total. The smallest absolute Gasteiger partial charge is 0.339 e. The number of aryl methyl sites for hydroxylation is 1. The first-order valence-electron chi connectivity index (χ1n) is 7.09. The molecule has 22 heavy (non-hydrogen) atoms. The number of nitrogens with zero attached hydrogens (tertiary/aromatic N) is 1. The van der Waals surface area contributed by atoms with Crippen LogP contribution in [0.2, 0.25) is 0 Å². The highest BCUT2D eigenvalue weighted by molar-refractivity contribution is 7.89. The van der Waals surface area contributed by atoms with Gasteiger partial charge in [-0.05, 0) is 43.9 Å². The summed E-state index contributed by atoms with van der Waals surface area (Å²) in [7, 11) is -3.94. The number of hydrogen-bond donors (Lipinski definition) is 2. The second-order valence-electron chi connectivity index (χ2n) is 5.76. The van der Waals surface area contributed by atoms with E-state index in [1.165, 1.54) is 16.4 Å². The van der Waals surface area contributed by atoms with Crippen molar-refractivity contribution in [2.24, 2.45) is 0 Å². The molecule has 0 spiro atoms. The third kappa shape index (κ3) is 2.21. The average molecular weight is 323 g/mol. The molecule has 6 nitrogen and oxygen atoms in total. The van der Waals surface area contributed by atoms with Crippen molar-refractivity contribution in [3.05, 3.63) is 35.4 Å². The van der Waals surface area contributed by atoms with E-state index in [1.54, 1.807) is 6.92 Å². The van der Waals surface area contributed by atoms with Crippen LogP contribution in [0.5, 0.6) is 5.75 Å². The van der Waals surface area contributed by atoms with Gasteiger partial charge in [0.25, 0.3) is 0 Å². The zero-order valence-corrected chi connectivity index (χ0v) is 12.9. The number of benzene rings is 1. The summed E-state index contributed by atoms with van der Waals surface area (Å²) < 4.78 is 27.3. The molecule has 2 bridgehead atoms. The Hall–Kier alpha value is -1.86. The highest BCUT2D eigenvalue weighted by Gasteiger charge is 2.43. The molecule has 7 heteroatoms. The van der Waals surface area contributed by atoms with E-state index in [0.29, 0.717) is 12.0 Å². The van der Waals surface area contributed by atoms with Crippen molar-refractivity contribution in [1.29, 1.82) is 0 Å². The zero-order valence-electron chi connectivity index (χ0n) is 12.1. The second-order valence-corrected chi connectivity index (χ2v) is 7.57.